The Morgan fingerprint density at radius 2 is 2.20 bits per heavy atom. The van der Waals surface area contributed by atoms with Gasteiger partial charge in [0, 0.05) is 32.5 Å². The van der Waals surface area contributed by atoms with Crippen LogP contribution in [0.25, 0.3) is 0 Å². The molecule has 0 aromatic carbocycles. The van der Waals surface area contributed by atoms with Crippen molar-refractivity contribution < 1.29 is 9.47 Å². The number of nitrogens with zero attached hydrogens (tertiary/aromatic N) is 3. The lowest BCUT2D eigenvalue weighted by Gasteiger charge is -2.22. The first-order valence-electron chi connectivity index (χ1n) is 7.34. The van der Waals surface area contributed by atoms with Crippen LogP contribution in [-0.2, 0) is 22.6 Å². The number of hydrogen-bond acceptors (Lipinski definition) is 5. The number of nitrogens with one attached hydrogen (secondary N) is 1. The van der Waals surface area contributed by atoms with Crippen LogP contribution in [0.2, 0.25) is 0 Å². The highest BCUT2D eigenvalue weighted by Gasteiger charge is 2.20. The van der Waals surface area contributed by atoms with Gasteiger partial charge in [0.2, 0.25) is 0 Å². The number of methoxy groups -OCH3 is 1. The molecule has 0 amide bonds. The van der Waals surface area contributed by atoms with Crippen LogP contribution in [0.4, 0.5) is 0 Å². The van der Waals surface area contributed by atoms with E-state index in [0.29, 0.717) is 19.3 Å². The van der Waals surface area contributed by atoms with Crippen LogP contribution in [-0.4, -0.2) is 47.0 Å². The average Bonchev–Trinajstić information content (AvgIpc) is 3.15. The quantitative estimate of drug-likeness (QED) is 0.657. The molecule has 1 aromatic rings. The zero-order valence-electron chi connectivity index (χ0n) is 12.8. The van der Waals surface area contributed by atoms with Gasteiger partial charge in [-0.2, -0.15) is 0 Å². The van der Waals surface area contributed by atoms with E-state index in [1.165, 1.54) is 12.8 Å². The molecule has 114 valence electrons. The van der Waals surface area contributed by atoms with Crippen LogP contribution in [0, 0.1) is 0 Å². The van der Waals surface area contributed by atoms with Crippen LogP contribution >= 0.6 is 0 Å². The third kappa shape index (κ3) is 5.56. The van der Waals surface area contributed by atoms with E-state index in [0.717, 1.165) is 25.2 Å². The molecule has 20 heavy (non-hydrogen) atoms. The van der Waals surface area contributed by atoms with Crippen LogP contribution in [0.15, 0.2) is 6.20 Å². The number of rotatable bonds is 10. The van der Waals surface area contributed by atoms with E-state index in [-0.39, 0.29) is 5.60 Å². The summed E-state index contributed by atoms with van der Waals surface area (Å²) in [6, 6.07) is 0.702. The molecule has 0 atom stereocenters. The topological polar surface area (TPSA) is 61.2 Å². The summed E-state index contributed by atoms with van der Waals surface area (Å²) in [5.41, 5.74) is 0.881. The molecule has 2 rings (SSSR count). The van der Waals surface area contributed by atoms with Crippen molar-refractivity contribution in [2.75, 3.05) is 20.3 Å². The number of aromatic nitrogens is 3. The van der Waals surface area contributed by atoms with E-state index < -0.39 is 0 Å². The third-order valence-electron chi connectivity index (χ3n) is 3.60. The largest absolute Gasteiger partial charge is 0.379 e. The van der Waals surface area contributed by atoms with Gasteiger partial charge in [-0.15, -0.1) is 5.10 Å². The summed E-state index contributed by atoms with van der Waals surface area (Å²) < 4.78 is 12.8. The van der Waals surface area contributed by atoms with Gasteiger partial charge in [-0.3, -0.25) is 0 Å². The Hall–Kier alpha value is -0.980. The molecule has 6 heteroatoms. The summed E-state index contributed by atoms with van der Waals surface area (Å²) >= 11 is 0. The molecule has 1 aliphatic rings. The molecule has 0 unspecified atom stereocenters. The Morgan fingerprint density at radius 3 is 2.90 bits per heavy atom. The molecular formula is C14H26N4O2. The van der Waals surface area contributed by atoms with Gasteiger partial charge >= 0.3 is 0 Å². The predicted molar refractivity (Wildman–Crippen MR) is 76.4 cm³/mol. The highest BCUT2D eigenvalue weighted by atomic mass is 16.5. The molecule has 0 saturated heterocycles. The van der Waals surface area contributed by atoms with E-state index >= 15 is 0 Å². The third-order valence-corrected chi connectivity index (χ3v) is 3.60. The van der Waals surface area contributed by atoms with Gasteiger partial charge in [-0.05, 0) is 33.1 Å². The van der Waals surface area contributed by atoms with E-state index in [1.807, 2.05) is 10.9 Å². The molecular weight excluding hydrogens is 256 g/mol. The zero-order valence-corrected chi connectivity index (χ0v) is 12.8. The lowest BCUT2D eigenvalue weighted by molar-refractivity contribution is -0.0108. The van der Waals surface area contributed by atoms with Gasteiger partial charge in [0.05, 0.1) is 24.4 Å². The first-order valence-corrected chi connectivity index (χ1v) is 7.34. The SMILES string of the molecule is COC(C)(C)CCOCCn1cc(CNC2CC2)nn1. The molecule has 1 saturated carbocycles. The molecule has 1 aliphatic carbocycles. The van der Waals surface area contributed by atoms with Crippen molar-refractivity contribution >= 4 is 0 Å². The van der Waals surface area contributed by atoms with Crippen LogP contribution < -0.4 is 5.32 Å². The maximum Gasteiger partial charge on any atom is 0.0964 e. The van der Waals surface area contributed by atoms with Crippen molar-refractivity contribution in [3.63, 3.8) is 0 Å². The smallest absolute Gasteiger partial charge is 0.0964 e. The fourth-order valence-corrected chi connectivity index (χ4v) is 1.75. The first kappa shape index (κ1) is 15.4. The Morgan fingerprint density at radius 1 is 1.40 bits per heavy atom. The summed E-state index contributed by atoms with van der Waals surface area (Å²) in [4.78, 5) is 0. The maximum absolute atomic E-state index is 5.61. The summed E-state index contributed by atoms with van der Waals surface area (Å²) in [6.45, 7) is 7.03. The van der Waals surface area contributed by atoms with Crippen molar-refractivity contribution in [1.82, 2.24) is 20.3 Å². The molecule has 1 heterocycles. The zero-order chi connectivity index (χ0) is 14.4. The van der Waals surface area contributed by atoms with Crippen LogP contribution in [0.3, 0.4) is 0 Å². The first-order chi connectivity index (χ1) is 9.59. The molecule has 1 N–H and O–H groups in total. The second-order valence-corrected chi connectivity index (χ2v) is 5.95. The molecule has 0 aliphatic heterocycles. The summed E-state index contributed by atoms with van der Waals surface area (Å²) in [7, 11) is 1.73. The highest BCUT2D eigenvalue weighted by Crippen LogP contribution is 2.18. The Labute approximate surface area is 120 Å². The van der Waals surface area contributed by atoms with Crippen molar-refractivity contribution in [3.8, 4) is 0 Å². The summed E-state index contributed by atoms with van der Waals surface area (Å²) in [6.07, 6.45) is 5.45. The van der Waals surface area contributed by atoms with Crippen molar-refractivity contribution in [3.05, 3.63) is 11.9 Å². The summed E-state index contributed by atoms with van der Waals surface area (Å²) in [5.74, 6) is 0. The standard InChI is InChI=1S/C14H26N4O2/c1-14(2,19-3)6-8-20-9-7-18-11-13(16-17-18)10-15-12-4-5-12/h11-12,15H,4-10H2,1-3H3. The predicted octanol–water partition coefficient (Wildman–Crippen LogP) is 1.36. The molecule has 1 aromatic heterocycles. The number of hydrogen-bond donors (Lipinski definition) is 1. The molecule has 1 fully saturated rings. The van der Waals surface area contributed by atoms with Gasteiger partial charge in [-0.25, -0.2) is 4.68 Å². The minimum absolute atomic E-state index is 0.116. The van der Waals surface area contributed by atoms with Gasteiger partial charge in [0.25, 0.3) is 0 Å². The molecule has 0 spiro atoms. The normalized spacial score (nSPS) is 15.8. The van der Waals surface area contributed by atoms with E-state index in [1.54, 1.807) is 7.11 Å². The Kier molecular flexibility index (Phi) is 5.51. The fourth-order valence-electron chi connectivity index (χ4n) is 1.75. The highest BCUT2D eigenvalue weighted by molar-refractivity contribution is 4.94. The lowest BCUT2D eigenvalue weighted by atomic mass is 10.1. The lowest BCUT2D eigenvalue weighted by Crippen LogP contribution is -2.24. The van der Waals surface area contributed by atoms with Crippen LogP contribution in [0.5, 0.6) is 0 Å². The Bertz CT molecular complexity index is 402. The second kappa shape index (κ2) is 7.15. The molecule has 6 nitrogen and oxygen atoms in total. The minimum Gasteiger partial charge on any atom is -0.379 e. The van der Waals surface area contributed by atoms with E-state index in [9.17, 15) is 0 Å². The van der Waals surface area contributed by atoms with Crippen molar-refractivity contribution in [2.24, 2.45) is 0 Å². The van der Waals surface area contributed by atoms with Crippen molar-refractivity contribution in [1.29, 1.82) is 0 Å². The van der Waals surface area contributed by atoms with Gasteiger partial charge in [0.15, 0.2) is 0 Å². The van der Waals surface area contributed by atoms with E-state index in [2.05, 4.69) is 29.5 Å². The van der Waals surface area contributed by atoms with Gasteiger partial charge in [-0.1, -0.05) is 5.21 Å². The maximum atomic E-state index is 5.61. The van der Waals surface area contributed by atoms with Crippen molar-refractivity contribution in [2.45, 2.75) is 57.8 Å². The molecule has 0 radical (unpaired) electrons. The monoisotopic (exact) mass is 282 g/mol. The molecule has 0 bridgehead atoms. The average molecular weight is 282 g/mol. The Balaban J connectivity index is 1.57. The van der Waals surface area contributed by atoms with Crippen LogP contribution in [0.1, 0.15) is 38.8 Å². The van der Waals surface area contributed by atoms with Gasteiger partial charge in [0.1, 0.15) is 0 Å². The minimum atomic E-state index is -0.116. The van der Waals surface area contributed by atoms with E-state index in [4.69, 9.17) is 9.47 Å². The number of ether oxygens (including phenoxy) is 2. The summed E-state index contributed by atoms with van der Waals surface area (Å²) in [5, 5.41) is 11.7. The second-order valence-electron chi connectivity index (χ2n) is 5.95. The fraction of sp³-hybridized carbons (Fsp3) is 0.857. The van der Waals surface area contributed by atoms with Gasteiger partial charge < -0.3 is 14.8 Å².